The Morgan fingerprint density at radius 1 is 0.912 bits per heavy atom. The van der Waals surface area contributed by atoms with Gasteiger partial charge in [-0.25, -0.2) is 0 Å². The molecule has 0 aliphatic carbocycles. The molecule has 0 spiro atoms. The zero-order chi connectivity index (χ0) is 24.3. The van der Waals surface area contributed by atoms with E-state index in [9.17, 15) is 13.2 Å². The summed E-state index contributed by atoms with van der Waals surface area (Å²) in [6.45, 7) is 0. The smallest absolute Gasteiger partial charge is 0.339 e. The van der Waals surface area contributed by atoms with Crippen molar-refractivity contribution in [2.45, 2.75) is 4.90 Å². The lowest BCUT2D eigenvalue weighted by atomic mass is 10.2. The Hall–Kier alpha value is -3.34. The van der Waals surface area contributed by atoms with Crippen LogP contribution in [0.25, 0.3) is 6.08 Å². The van der Waals surface area contributed by atoms with Gasteiger partial charge in [0.1, 0.15) is 10.6 Å². The highest BCUT2D eigenvalue weighted by atomic mass is 32.2. The Balaban J connectivity index is 1.58. The number of methoxy groups -OCH3 is 2. The van der Waals surface area contributed by atoms with Crippen LogP contribution in [-0.4, -0.2) is 32.9 Å². The molecule has 1 saturated heterocycles. The van der Waals surface area contributed by atoms with Gasteiger partial charge in [-0.3, -0.25) is 9.69 Å². The van der Waals surface area contributed by atoms with Gasteiger partial charge in [-0.2, -0.15) is 8.42 Å². The summed E-state index contributed by atoms with van der Waals surface area (Å²) < 4.78 is 41.3. The van der Waals surface area contributed by atoms with Gasteiger partial charge in [-0.1, -0.05) is 48.2 Å². The molecule has 0 atom stereocenters. The predicted octanol–water partition coefficient (Wildman–Crippen LogP) is 4.88. The van der Waals surface area contributed by atoms with Crippen molar-refractivity contribution in [2.75, 3.05) is 19.1 Å². The minimum Gasteiger partial charge on any atom is -0.497 e. The first-order valence-electron chi connectivity index (χ1n) is 9.92. The van der Waals surface area contributed by atoms with E-state index in [-0.39, 0.29) is 22.3 Å². The number of amides is 1. The number of hydrogen-bond donors (Lipinski definition) is 0. The molecular formula is C24H19NO6S3. The first kappa shape index (κ1) is 23.8. The maximum Gasteiger partial charge on any atom is 0.339 e. The van der Waals surface area contributed by atoms with Gasteiger partial charge in [-0.05, 0) is 60.2 Å². The Morgan fingerprint density at radius 2 is 1.62 bits per heavy atom. The van der Waals surface area contributed by atoms with Crippen LogP contribution in [0, 0.1) is 0 Å². The molecule has 10 heteroatoms. The number of carbonyl (C=O) groups excluding carboxylic acids is 1. The van der Waals surface area contributed by atoms with E-state index in [0.717, 1.165) is 0 Å². The molecule has 7 nitrogen and oxygen atoms in total. The summed E-state index contributed by atoms with van der Waals surface area (Å²) >= 11 is 6.59. The fraction of sp³-hybridized carbons (Fsp3) is 0.0833. The van der Waals surface area contributed by atoms with Gasteiger partial charge in [0, 0.05) is 0 Å². The molecule has 3 aromatic rings. The van der Waals surface area contributed by atoms with Crippen LogP contribution >= 0.6 is 24.0 Å². The van der Waals surface area contributed by atoms with Crippen molar-refractivity contribution < 1.29 is 26.9 Å². The molecule has 34 heavy (non-hydrogen) atoms. The summed E-state index contributed by atoms with van der Waals surface area (Å²) in [7, 11) is -1.05. The summed E-state index contributed by atoms with van der Waals surface area (Å²) in [5.74, 6) is 0.660. The van der Waals surface area contributed by atoms with Crippen molar-refractivity contribution in [1.82, 2.24) is 0 Å². The van der Waals surface area contributed by atoms with Crippen molar-refractivity contribution in [2.24, 2.45) is 0 Å². The topological polar surface area (TPSA) is 82.1 Å². The standard InChI is InChI=1S/C24H19NO6S3/c1-29-18-11-9-17(10-12-18)25-23(26)22(33-24(25)32)15-16-8-13-20(21(14-16)30-2)31-34(27,28)19-6-4-3-5-7-19/h3-15H,1-2H3. The van der Waals surface area contributed by atoms with Crippen LogP contribution in [0.3, 0.4) is 0 Å². The van der Waals surface area contributed by atoms with Gasteiger partial charge in [0.2, 0.25) is 0 Å². The maximum atomic E-state index is 13.0. The quantitative estimate of drug-likeness (QED) is 0.251. The summed E-state index contributed by atoms with van der Waals surface area (Å²) in [5.41, 5.74) is 1.26. The number of ether oxygens (including phenoxy) is 2. The van der Waals surface area contributed by atoms with E-state index in [1.165, 1.54) is 42.0 Å². The largest absolute Gasteiger partial charge is 0.497 e. The Kier molecular flexibility index (Phi) is 6.92. The third-order valence-electron chi connectivity index (χ3n) is 4.84. The molecule has 4 rings (SSSR count). The van der Waals surface area contributed by atoms with Crippen LogP contribution in [0.5, 0.6) is 17.2 Å². The van der Waals surface area contributed by atoms with Crippen LogP contribution in [0.15, 0.2) is 82.6 Å². The van der Waals surface area contributed by atoms with Gasteiger partial charge in [0.15, 0.2) is 15.8 Å². The van der Waals surface area contributed by atoms with E-state index in [1.807, 2.05) is 0 Å². The molecule has 1 amide bonds. The average Bonchev–Trinajstić information content (AvgIpc) is 3.13. The molecule has 0 aromatic heterocycles. The van der Waals surface area contributed by atoms with Gasteiger partial charge in [-0.15, -0.1) is 0 Å². The number of anilines is 1. The van der Waals surface area contributed by atoms with Crippen LogP contribution < -0.4 is 18.6 Å². The zero-order valence-corrected chi connectivity index (χ0v) is 20.6. The second-order valence-corrected chi connectivity index (χ2v) is 10.2. The fourth-order valence-electron chi connectivity index (χ4n) is 3.17. The molecule has 0 saturated carbocycles. The predicted molar refractivity (Wildman–Crippen MR) is 136 cm³/mol. The number of carbonyl (C=O) groups is 1. The van der Waals surface area contributed by atoms with E-state index < -0.39 is 10.1 Å². The number of benzene rings is 3. The minimum absolute atomic E-state index is 0.0309. The molecular weight excluding hydrogens is 494 g/mol. The molecule has 1 fully saturated rings. The van der Waals surface area contributed by atoms with E-state index in [0.29, 0.717) is 26.2 Å². The molecule has 174 valence electrons. The molecule has 1 aliphatic heterocycles. The van der Waals surface area contributed by atoms with Crippen molar-refractivity contribution in [1.29, 1.82) is 0 Å². The Bertz CT molecular complexity index is 1370. The number of nitrogens with zero attached hydrogens (tertiary/aromatic N) is 1. The Morgan fingerprint density at radius 3 is 2.26 bits per heavy atom. The molecule has 0 unspecified atom stereocenters. The third kappa shape index (κ3) is 4.93. The SMILES string of the molecule is COc1ccc(N2C(=O)C(=Cc3ccc(OS(=O)(=O)c4ccccc4)c(OC)c3)SC2=S)cc1. The number of thioether (sulfide) groups is 1. The number of hydrogen-bond acceptors (Lipinski definition) is 8. The lowest BCUT2D eigenvalue weighted by Gasteiger charge is -2.14. The normalized spacial score (nSPS) is 15.0. The van der Waals surface area contributed by atoms with Gasteiger partial charge in [0.25, 0.3) is 5.91 Å². The number of thiocarbonyl (C=S) groups is 1. The van der Waals surface area contributed by atoms with Crippen LogP contribution in [0.2, 0.25) is 0 Å². The monoisotopic (exact) mass is 513 g/mol. The van der Waals surface area contributed by atoms with Crippen molar-refractivity contribution in [3.05, 3.63) is 83.3 Å². The molecule has 3 aromatic carbocycles. The van der Waals surface area contributed by atoms with E-state index in [1.54, 1.807) is 67.8 Å². The first-order valence-corrected chi connectivity index (χ1v) is 12.6. The van der Waals surface area contributed by atoms with Gasteiger partial charge < -0.3 is 13.7 Å². The molecule has 1 heterocycles. The van der Waals surface area contributed by atoms with Gasteiger partial charge >= 0.3 is 10.1 Å². The summed E-state index contributed by atoms with van der Waals surface area (Å²) in [6.07, 6.45) is 1.67. The minimum atomic E-state index is -4.03. The molecule has 0 N–H and O–H groups in total. The van der Waals surface area contributed by atoms with E-state index in [2.05, 4.69) is 0 Å². The van der Waals surface area contributed by atoms with Crippen LogP contribution in [0.1, 0.15) is 5.56 Å². The highest BCUT2D eigenvalue weighted by Gasteiger charge is 2.33. The lowest BCUT2D eigenvalue weighted by Crippen LogP contribution is -2.27. The van der Waals surface area contributed by atoms with E-state index in [4.69, 9.17) is 25.9 Å². The molecule has 0 bridgehead atoms. The fourth-order valence-corrected chi connectivity index (χ4v) is 5.43. The van der Waals surface area contributed by atoms with Crippen LogP contribution in [0.4, 0.5) is 5.69 Å². The van der Waals surface area contributed by atoms with Crippen LogP contribution in [-0.2, 0) is 14.9 Å². The molecule has 0 radical (unpaired) electrons. The van der Waals surface area contributed by atoms with Crippen molar-refractivity contribution in [3.63, 3.8) is 0 Å². The first-order chi connectivity index (χ1) is 16.3. The number of rotatable bonds is 7. The summed E-state index contributed by atoms with van der Waals surface area (Å²) in [4.78, 5) is 14.9. The van der Waals surface area contributed by atoms with Gasteiger partial charge in [0.05, 0.1) is 24.8 Å². The van der Waals surface area contributed by atoms with Crippen molar-refractivity contribution in [3.8, 4) is 17.2 Å². The third-order valence-corrected chi connectivity index (χ3v) is 7.39. The maximum absolute atomic E-state index is 13.0. The zero-order valence-electron chi connectivity index (χ0n) is 18.1. The highest BCUT2D eigenvalue weighted by Crippen LogP contribution is 2.38. The summed E-state index contributed by atoms with van der Waals surface area (Å²) in [5, 5.41) is 0. The Labute approximate surface area is 207 Å². The summed E-state index contributed by atoms with van der Waals surface area (Å²) in [6, 6.07) is 19.6. The lowest BCUT2D eigenvalue weighted by molar-refractivity contribution is -0.113. The highest BCUT2D eigenvalue weighted by molar-refractivity contribution is 8.27. The van der Waals surface area contributed by atoms with E-state index >= 15 is 0 Å². The molecule has 1 aliphatic rings. The van der Waals surface area contributed by atoms with Crippen molar-refractivity contribution >= 4 is 56.1 Å². The second kappa shape index (κ2) is 9.88. The second-order valence-electron chi connectivity index (χ2n) is 6.98. The average molecular weight is 514 g/mol.